The number of esters is 1. The average Bonchev–Trinajstić information content (AvgIpc) is 3.65. The smallest absolute Gasteiger partial charge is 0.331 e. The van der Waals surface area contributed by atoms with E-state index in [0.29, 0.717) is 32.1 Å². The van der Waals surface area contributed by atoms with E-state index in [2.05, 4.69) is 12.2 Å². The second kappa shape index (κ2) is 10.4. The van der Waals surface area contributed by atoms with E-state index in [0.717, 1.165) is 37.5 Å². The van der Waals surface area contributed by atoms with Gasteiger partial charge in [-0.25, -0.2) is 4.79 Å². The van der Waals surface area contributed by atoms with E-state index < -0.39 is 55.7 Å². The largest absolute Gasteiger partial charge is 0.458 e. The molecule has 7 fully saturated rings. The number of aliphatic hydroxyl groups is 2. The van der Waals surface area contributed by atoms with E-state index >= 15 is 0 Å². The zero-order valence-corrected chi connectivity index (χ0v) is 28.2. The lowest BCUT2D eigenvalue weighted by Crippen LogP contribution is -2.76. The van der Waals surface area contributed by atoms with Gasteiger partial charge in [-0.2, -0.15) is 8.42 Å². The lowest BCUT2D eigenvalue weighted by atomic mass is 9.42. The molecule has 12 nitrogen and oxygen atoms in total. The Bertz CT molecular complexity index is 1470. The number of thioether (sulfide) groups is 1. The predicted octanol–water partition coefficient (Wildman–Crippen LogP) is 1.98. The molecule has 13 atom stereocenters. The van der Waals surface area contributed by atoms with Gasteiger partial charge < -0.3 is 34.5 Å². The molecular formula is C32H45NO11S2. The van der Waals surface area contributed by atoms with Crippen LogP contribution in [-0.4, -0.2) is 96.6 Å². The van der Waals surface area contributed by atoms with Crippen molar-refractivity contribution in [2.75, 3.05) is 25.2 Å². The first-order valence-electron chi connectivity index (χ1n) is 16.7. The number of nitrogens with one attached hydrogen (secondary N) is 1. The quantitative estimate of drug-likeness (QED) is 0.224. The molecule has 3 N–H and O–H groups in total. The first kappa shape index (κ1) is 32.0. The molecular weight excluding hydrogens is 638 g/mol. The summed E-state index contributed by atoms with van der Waals surface area (Å²) in [6.45, 7) is 4.27. The minimum Gasteiger partial charge on any atom is -0.458 e. The third-order valence-corrected chi connectivity index (χ3v) is 15.5. The number of amides is 1. The molecule has 4 saturated carbocycles. The number of ether oxygens (including phenoxy) is 4. The van der Waals surface area contributed by atoms with Crippen molar-refractivity contribution >= 4 is 33.8 Å². The lowest BCUT2D eigenvalue weighted by Gasteiger charge is -2.66. The third kappa shape index (κ3) is 4.42. The maximum absolute atomic E-state index is 12.7. The molecule has 256 valence electrons. The number of hydrogen-bond acceptors (Lipinski definition) is 12. The van der Waals surface area contributed by atoms with E-state index in [4.69, 9.17) is 23.1 Å². The summed E-state index contributed by atoms with van der Waals surface area (Å²) in [4.78, 5) is 23.3. The summed E-state index contributed by atoms with van der Waals surface area (Å²) in [5.41, 5.74) is -1.17. The Morgan fingerprint density at radius 1 is 1.07 bits per heavy atom. The van der Waals surface area contributed by atoms with Gasteiger partial charge in [-0.15, -0.1) is 11.8 Å². The van der Waals surface area contributed by atoms with Crippen LogP contribution in [0.4, 0.5) is 0 Å². The van der Waals surface area contributed by atoms with Crippen molar-refractivity contribution in [2.45, 2.75) is 112 Å². The van der Waals surface area contributed by atoms with Crippen molar-refractivity contribution in [1.82, 2.24) is 5.32 Å². The molecule has 4 aliphatic carbocycles. The minimum atomic E-state index is -3.79. The maximum Gasteiger partial charge on any atom is 0.331 e. The van der Waals surface area contributed by atoms with Gasteiger partial charge >= 0.3 is 5.97 Å². The van der Waals surface area contributed by atoms with Crippen LogP contribution in [0.5, 0.6) is 0 Å². The topological polar surface area (TPSA) is 167 Å². The molecule has 4 aliphatic heterocycles. The number of hydrogen-bond donors (Lipinski definition) is 3. The molecule has 3 saturated heterocycles. The standard InChI is InChI=1S/C32H45NO11S2/c1-17-12-31(33-25(34)15-45-31)32(37)27(42-17)43-23-11-19-4-5-22-21(29(19,13-24(23)44-32)16-41-46(3,38)39)6-8-28(2)20(7-9-30(22,28)36)18-10-26(35)40-14-18/h10,17,19-24,27,36-37H,4-9,11-16H2,1-3H3,(H,33,34)/t17-,19+,20-,21+,22-,23-,24-,27+,28-,29-,30+,31+,32-/m1/s1. The van der Waals surface area contributed by atoms with Crippen LogP contribution in [0.3, 0.4) is 0 Å². The highest BCUT2D eigenvalue weighted by Gasteiger charge is 2.73. The molecule has 0 aromatic rings. The van der Waals surface area contributed by atoms with E-state index in [1.807, 2.05) is 6.92 Å². The molecule has 0 radical (unpaired) electrons. The molecule has 8 rings (SSSR count). The van der Waals surface area contributed by atoms with Crippen molar-refractivity contribution in [2.24, 2.45) is 34.5 Å². The molecule has 0 bridgehead atoms. The highest BCUT2D eigenvalue weighted by molar-refractivity contribution is 8.01. The molecule has 4 heterocycles. The number of carbonyl (C=O) groups is 2. The number of carbonyl (C=O) groups excluding carboxylic acids is 2. The number of cyclic esters (lactones) is 1. The zero-order chi connectivity index (χ0) is 32.5. The Morgan fingerprint density at radius 3 is 2.57 bits per heavy atom. The maximum atomic E-state index is 12.7. The van der Waals surface area contributed by atoms with Crippen LogP contribution in [0.25, 0.3) is 0 Å². The zero-order valence-electron chi connectivity index (χ0n) is 26.6. The van der Waals surface area contributed by atoms with Crippen molar-refractivity contribution < 1.29 is 51.4 Å². The highest BCUT2D eigenvalue weighted by atomic mass is 32.2. The van der Waals surface area contributed by atoms with Crippen molar-refractivity contribution in [3.05, 3.63) is 11.6 Å². The fraction of sp³-hybridized carbons (Fsp3) is 0.875. The van der Waals surface area contributed by atoms with Crippen LogP contribution in [-0.2, 0) is 42.8 Å². The summed E-state index contributed by atoms with van der Waals surface area (Å²) in [6.07, 6.45) is 5.93. The normalized spacial score (nSPS) is 52.9. The summed E-state index contributed by atoms with van der Waals surface area (Å²) >= 11 is 1.31. The number of fused-ring (bicyclic) bond motifs is 8. The van der Waals surface area contributed by atoms with Gasteiger partial charge in [0.25, 0.3) is 15.9 Å². The molecule has 0 aromatic heterocycles. The Hall–Kier alpha value is -1.26. The Labute approximate surface area is 273 Å². The fourth-order valence-electron chi connectivity index (χ4n) is 11.5. The van der Waals surface area contributed by atoms with E-state index in [-0.39, 0.29) is 60.6 Å². The molecule has 8 aliphatic rings. The Balaban J connectivity index is 1.14. The van der Waals surface area contributed by atoms with Gasteiger partial charge in [0.05, 0.1) is 42.5 Å². The first-order valence-corrected chi connectivity index (χ1v) is 19.5. The van der Waals surface area contributed by atoms with E-state index in [1.54, 1.807) is 6.08 Å². The summed E-state index contributed by atoms with van der Waals surface area (Å²) in [5, 5.41) is 27.9. The molecule has 46 heavy (non-hydrogen) atoms. The van der Waals surface area contributed by atoms with Gasteiger partial charge in [-0.1, -0.05) is 6.92 Å². The average molecular weight is 684 g/mol. The van der Waals surface area contributed by atoms with Crippen molar-refractivity contribution in [1.29, 1.82) is 0 Å². The third-order valence-electron chi connectivity index (χ3n) is 13.5. The van der Waals surface area contributed by atoms with Gasteiger partial charge in [0.15, 0.2) is 0 Å². The van der Waals surface area contributed by atoms with Gasteiger partial charge in [-0.05, 0) is 87.5 Å². The number of rotatable bonds is 4. The molecule has 1 amide bonds. The van der Waals surface area contributed by atoms with Crippen LogP contribution < -0.4 is 5.32 Å². The van der Waals surface area contributed by atoms with Crippen LogP contribution in [0.1, 0.15) is 71.6 Å². The van der Waals surface area contributed by atoms with Crippen molar-refractivity contribution in [3.8, 4) is 0 Å². The van der Waals surface area contributed by atoms with Crippen LogP contribution in [0.2, 0.25) is 0 Å². The summed E-state index contributed by atoms with van der Waals surface area (Å²) in [6, 6.07) is 0. The lowest BCUT2D eigenvalue weighted by molar-refractivity contribution is -0.449. The summed E-state index contributed by atoms with van der Waals surface area (Å²) in [7, 11) is -3.79. The SMILES string of the molecule is C[C@@H]1C[C@@]2(NC(=O)CS2)[C@]2(O)O[C@@H]3C[C@@]4(COS(C)(=O)=O)[C@@H](CC[C@@H]5[C@@H]4CC[C@]4(C)[C@@H](C6=CC(=O)OC6)CC[C@]54O)C[C@H]3O[C@@H]2O1. The van der Waals surface area contributed by atoms with Gasteiger partial charge in [0.1, 0.15) is 11.5 Å². The van der Waals surface area contributed by atoms with Crippen LogP contribution >= 0.6 is 11.8 Å². The van der Waals surface area contributed by atoms with Gasteiger partial charge in [-0.3, -0.25) is 8.98 Å². The second-order valence-electron chi connectivity index (χ2n) is 15.6. The summed E-state index contributed by atoms with van der Waals surface area (Å²) in [5.74, 6) is -2.38. The molecule has 0 aromatic carbocycles. The van der Waals surface area contributed by atoms with E-state index in [9.17, 15) is 28.2 Å². The Kier molecular flexibility index (Phi) is 7.21. The molecule has 1 spiro atoms. The summed E-state index contributed by atoms with van der Waals surface area (Å²) < 4.78 is 55.3. The molecule has 0 unspecified atom stereocenters. The first-order chi connectivity index (χ1) is 21.6. The van der Waals surface area contributed by atoms with Crippen LogP contribution in [0.15, 0.2) is 11.6 Å². The van der Waals surface area contributed by atoms with Gasteiger partial charge in [0.2, 0.25) is 12.2 Å². The Morgan fingerprint density at radius 2 is 1.87 bits per heavy atom. The van der Waals surface area contributed by atoms with Gasteiger partial charge in [0, 0.05) is 23.3 Å². The highest BCUT2D eigenvalue weighted by Crippen LogP contribution is 2.71. The molecule has 14 heteroatoms. The van der Waals surface area contributed by atoms with E-state index in [1.165, 1.54) is 11.8 Å². The van der Waals surface area contributed by atoms with Crippen LogP contribution in [0, 0.1) is 34.5 Å². The minimum absolute atomic E-state index is 0.0341. The van der Waals surface area contributed by atoms with Crippen molar-refractivity contribution in [3.63, 3.8) is 0 Å². The fourth-order valence-corrected chi connectivity index (χ4v) is 13.2. The monoisotopic (exact) mass is 683 g/mol. The second-order valence-corrected chi connectivity index (χ2v) is 18.5. The predicted molar refractivity (Wildman–Crippen MR) is 163 cm³/mol.